The first-order valence-electron chi connectivity index (χ1n) is 6.92. The fraction of sp³-hybridized carbons (Fsp3) is 0.929. The molecule has 0 fully saturated rings. The summed E-state index contributed by atoms with van der Waals surface area (Å²) in [6.07, 6.45) is 5.14. The minimum atomic E-state index is 0.0580. The van der Waals surface area contributed by atoms with Crippen molar-refractivity contribution in [1.29, 1.82) is 0 Å². The first-order valence-corrected chi connectivity index (χ1v) is 7.36. The summed E-state index contributed by atoms with van der Waals surface area (Å²) in [5, 5.41) is 3.03. The molecule has 17 heavy (non-hydrogen) atoms. The zero-order valence-corrected chi connectivity index (χ0v) is 12.5. The summed E-state index contributed by atoms with van der Waals surface area (Å²) in [4.78, 5) is 11.9. The Balaban J connectivity index is 3.88. The molecule has 0 spiro atoms. The second-order valence-corrected chi connectivity index (χ2v) is 5.84. The molecule has 0 radical (unpaired) electrons. The SMILES string of the molecule is CCCCC(CC)C(=O)NCC(Cl)CC(C)C. The maximum atomic E-state index is 11.9. The number of halogens is 1. The van der Waals surface area contributed by atoms with Gasteiger partial charge in [-0.25, -0.2) is 0 Å². The van der Waals surface area contributed by atoms with Crippen molar-refractivity contribution in [2.45, 2.75) is 65.2 Å². The van der Waals surface area contributed by atoms with Crippen LogP contribution in [-0.2, 0) is 4.79 Å². The molecule has 0 saturated carbocycles. The van der Waals surface area contributed by atoms with Gasteiger partial charge in [0.25, 0.3) is 0 Å². The number of carbonyl (C=O) groups is 1. The lowest BCUT2D eigenvalue weighted by molar-refractivity contribution is -0.125. The molecule has 0 aliphatic rings. The van der Waals surface area contributed by atoms with Crippen LogP contribution in [0.4, 0.5) is 0 Å². The van der Waals surface area contributed by atoms with Crippen LogP contribution in [0.5, 0.6) is 0 Å². The molecule has 102 valence electrons. The summed E-state index contributed by atoms with van der Waals surface area (Å²) in [5.41, 5.74) is 0. The third kappa shape index (κ3) is 8.48. The minimum absolute atomic E-state index is 0.0580. The van der Waals surface area contributed by atoms with E-state index in [1.165, 1.54) is 0 Å². The van der Waals surface area contributed by atoms with E-state index in [9.17, 15) is 4.79 Å². The number of hydrogen-bond donors (Lipinski definition) is 1. The molecule has 0 rings (SSSR count). The van der Waals surface area contributed by atoms with E-state index in [0.717, 1.165) is 32.1 Å². The maximum Gasteiger partial charge on any atom is 0.223 e. The zero-order chi connectivity index (χ0) is 13.3. The van der Waals surface area contributed by atoms with Gasteiger partial charge in [0.1, 0.15) is 0 Å². The molecule has 0 aromatic rings. The average Bonchev–Trinajstić information content (AvgIpc) is 2.26. The van der Waals surface area contributed by atoms with Crippen LogP contribution in [0.25, 0.3) is 0 Å². The van der Waals surface area contributed by atoms with Crippen LogP contribution in [0.2, 0.25) is 0 Å². The third-order valence-electron chi connectivity index (χ3n) is 2.99. The minimum Gasteiger partial charge on any atom is -0.354 e. The molecule has 0 aromatic heterocycles. The molecule has 2 nitrogen and oxygen atoms in total. The van der Waals surface area contributed by atoms with Crippen molar-refractivity contribution in [3.05, 3.63) is 0 Å². The average molecular weight is 262 g/mol. The molecule has 1 N–H and O–H groups in total. The van der Waals surface area contributed by atoms with Crippen molar-refractivity contribution in [2.24, 2.45) is 11.8 Å². The molecule has 0 aromatic carbocycles. The highest BCUT2D eigenvalue weighted by Crippen LogP contribution is 2.14. The lowest BCUT2D eigenvalue weighted by atomic mass is 9.98. The van der Waals surface area contributed by atoms with E-state index in [-0.39, 0.29) is 17.2 Å². The number of alkyl halides is 1. The first-order chi connectivity index (χ1) is 8.01. The Morgan fingerprint density at radius 1 is 1.29 bits per heavy atom. The Bertz CT molecular complexity index is 206. The quantitative estimate of drug-likeness (QED) is 0.625. The summed E-state index contributed by atoms with van der Waals surface area (Å²) in [6, 6.07) is 0. The maximum absolute atomic E-state index is 11.9. The van der Waals surface area contributed by atoms with Crippen LogP contribution in [-0.4, -0.2) is 17.8 Å². The summed E-state index contributed by atoms with van der Waals surface area (Å²) >= 11 is 6.16. The molecule has 0 aliphatic heterocycles. The number of rotatable bonds is 9. The van der Waals surface area contributed by atoms with E-state index in [1.54, 1.807) is 0 Å². The summed E-state index contributed by atoms with van der Waals surface area (Å²) < 4.78 is 0. The molecule has 0 aliphatic carbocycles. The fourth-order valence-electron chi connectivity index (χ4n) is 1.92. The molecule has 2 unspecified atom stereocenters. The zero-order valence-electron chi connectivity index (χ0n) is 11.8. The van der Waals surface area contributed by atoms with Gasteiger partial charge in [0.05, 0.1) is 5.38 Å². The molecule has 0 heterocycles. The van der Waals surface area contributed by atoms with Gasteiger partial charge < -0.3 is 5.32 Å². The topological polar surface area (TPSA) is 29.1 Å². The lowest BCUT2D eigenvalue weighted by Gasteiger charge is -2.17. The second kappa shape index (κ2) is 9.76. The highest BCUT2D eigenvalue weighted by Gasteiger charge is 2.16. The van der Waals surface area contributed by atoms with Gasteiger partial charge >= 0.3 is 0 Å². The molecule has 0 saturated heterocycles. The van der Waals surface area contributed by atoms with Crippen LogP contribution < -0.4 is 5.32 Å². The first kappa shape index (κ1) is 16.8. The van der Waals surface area contributed by atoms with E-state index >= 15 is 0 Å². The highest BCUT2D eigenvalue weighted by molar-refractivity contribution is 6.20. The lowest BCUT2D eigenvalue weighted by Crippen LogP contribution is -2.35. The Labute approximate surface area is 111 Å². The summed E-state index contributed by atoms with van der Waals surface area (Å²) in [7, 11) is 0. The molecular formula is C14H28ClNO. The van der Waals surface area contributed by atoms with E-state index in [4.69, 9.17) is 11.6 Å². The van der Waals surface area contributed by atoms with Crippen molar-refractivity contribution >= 4 is 17.5 Å². The van der Waals surface area contributed by atoms with Crippen molar-refractivity contribution < 1.29 is 4.79 Å². The smallest absolute Gasteiger partial charge is 0.223 e. The standard InChI is InChI=1S/C14H28ClNO/c1-5-7-8-12(6-2)14(17)16-10-13(15)9-11(3)4/h11-13H,5-10H2,1-4H3,(H,16,17). The Kier molecular flexibility index (Phi) is 9.62. The van der Waals surface area contributed by atoms with E-state index in [2.05, 4.69) is 33.0 Å². The number of unbranched alkanes of at least 4 members (excludes halogenated alkanes) is 1. The van der Waals surface area contributed by atoms with Crippen molar-refractivity contribution in [1.82, 2.24) is 5.32 Å². The fourth-order valence-corrected chi connectivity index (χ4v) is 2.36. The molecule has 3 heteroatoms. The van der Waals surface area contributed by atoms with Gasteiger partial charge in [0.2, 0.25) is 5.91 Å². The molecule has 0 bridgehead atoms. The van der Waals surface area contributed by atoms with Gasteiger partial charge in [-0.1, -0.05) is 40.5 Å². The molecule has 2 atom stereocenters. The van der Waals surface area contributed by atoms with Crippen LogP contribution in [0, 0.1) is 11.8 Å². The number of nitrogens with one attached hydrogen (secondary N) is 1. The van der Waals surface area contributed by atoms with Gasteiger partial charge in [0.15, 0.2) is 0 Å². The van der Waals surface area contributed by atoms with Crippen LogP contribution in [0.15, 0.2) is 0 Å². The van der Waals surface area contributed by atoms with Crippen molar-refractivity contribution in [2.75, 3.05) is 6.54 Å². The number of amides is 1. The Hall–Kier alpha value is -0.240. The van der Waals surface area contributed by atoms with E-state index in [1.807, 2.05) is 0 Å². The highest BCUT2D eigenvalue weighted by atomic mass is 35.5. The second-order valence-electron chi connectivity index (χ2n) is 5.22. The molecule has 1 amide bonds. The van der Waals surface area contributed by atoms with Crippen molar-refractivity contribution in [3.63, 3.8) is 0 Å². The Morgan fingerprint density at radius 3 is 2.41 bits per heavy atom. The summed E-state index contributed by atoms with van der Waals surface area (Å²) in [5.74, 6) is 0.921. The van der Waals surface area contributed by atoms with E-state index < -0.39 is 0 Å². The predicted octanol–water partition coefficient (Wildman–Crippen LogP) is 3.97. The van der Waals surface area contributed by atoms with E-state index in [0.29, 0.717) is 12.5 Å². The van der Waals surface area contributed by atoms with Gasteiger partial charge in [-0.2, -0.15) is 0 Å². The monoisotopic (exact) mass is 261 g/mol. The Morgan fingerprint density at radius 2 is 1.94 bits per heavy atom. The third-order valence-corrected chi connectivity index (χ3v) is 3.33. The largest absolute Gasteiger partial charge is 0.354 e. The predicted molar refractivity (Wildman–Crippen MR) is 75.4 cm³/mol. The number of carbonyl (C=O) groups excluding carboxylic acids is 1. The van der Waals surface area contributed by atoms with Crippen LogP contribution >= 0.6 is 11.6 Å². The normalized spacial score (nSPS) is 14.7. The van der Waals surface area contributed by atoms with Crippen LogP contribution in [0.1, 0.15) is 59.8 Å². The van der Waals surface area contributed by atoms with Gasteiger partial charge in [-0.15, -0.1) is 11.6 Å². The van der Waals surface area contributed by atoms with Gasteiger partial charge in [-0.3, -0.25) is 4.79 Å². The van der Waals surface area contributed by atoms with Crippen molar-refractivity contribution in [3.8, 4) is 0 Å². The van der Waals surface area contributed by atoms with Crippen LogP contribution in [0.3, 0.4) is 0 Å². The van der Waals surface area contributed by atoms with Gasteiger partial charge in [-0.05, 0) is 25.2 Å². The number of hydrogen-bond acceptors (Lipinski definition) is 1. The molecular weight excluding hydrogens is 234 g/mol. The summed E-state index contributed by atoms with van der Waals surface area (Å²) in [6.45, 7) is 9.12. The van der Waals surface area contributed by atoms with Gasteiger partial charge in [0, 0.05) is 12.5 Å².